The standard InChI is InChI=1S/C14H28O2S/c1-11(3-2-10-15)4-9-14(17)12-5-7-13(16)8-6-12/h11-17H,2-10H2,1H3/t11?,12-,13-,14?. The Bertz CT molecular complexity index is 191. The predicted molar refractivity (Wildman–Crippen MR) is 75.5 cm³/mol. The second-order valence-corrected chi connectivity index (χ2v) is 6.35. The summed E-state index contributed by atoms with van der Waals surface area (Å²) in [7, 11) is 0. The van der Waals surface area contributed by atoms with Crippen LogP contribution in [0.25, 0.3) is 0 Å². The molecule has 0 aliphatic heterocycles. The molecule has 2 unspecified atom stereocenters. The minimum absolute atomic E-state index is 0.0599. The average molecular weight is 260 g/mol. The van der Waals surface area contributed by atoms with Gasteiger partial charge in [-0.05, 0) is 63.2 Å². The molecule has 0 bridgehead atoms. The number of thiol groups is 1. The van der Waals surface area contributed by atoms with Gasteiger partial charge in [-0.25, -0.2) is 0 Å². The van der Waals surface area contributed by atoms with E-state index in [1.54, 1.807) is 0 Å². The third-order valence-electron chi connectivity index (χ3n) is 4.10. The van der Waals surface area contributed by atoms with E-state index < -0.39 is 0 Å². The zero-order valence-corrected chi connectivity index (χ0v) is 11.9. The van der Waals surface area contributed by atoms with E-state index in [-0.39, 0.29) is 6.10 Å². The summed E-state index contributed by atoms with van der Waals surface area (Å²) in [6.07, 6.45) is 8.58. The second kappa shape index (κ2) is 8.39. The monoisotopic (exact) mass is 260 g/mol. The summed E-state index contributed by atoms with van der Waals surface area (Å²) in [5.74, 6) is 1.40. The Morgan fingerprint density at radius 3 is 2.35 bits per heavy atom. The van der Waals surface area contributed by atoms with Gasteiger partial charge in [-0.1, -0.05) is 6.92 Å². The molecule has 1 rings (SSSR count). The van der Waals surface area contributed by atoms with Crippen LogP contribution in [0, 0.1) is 11.8 Å². The van der Waals surface area contributed by atoms with Crippen LogP contribution in [0.1, 0.15) is 58.3 Å². The molecule has 3 heteroatoms. The van der Waals surface area contributed by atoms with Crippen LogP contribution in [0.4, 0.5) is 0 Å². The van der Waals surface area contributed by atoms with Crippen molar-refractivity contribution in [3.05, 3.63) is 0 Å². The van der Waals surface area contributed by atoms with Gasteiger partial charge in [0.25, 0.3) is 0 Å². The summed E-state index contributed by atoms with van der Waals surface area (Å²) < 4.78 is 0. The topological polar surface area (TPSA) is 40.5 Å². The molecule has 0 aromatic rings. The van der Waals surface area contributed by atoms with E-state index in [2.05, 4.69) is 6.92 Å². The van der Waals surface area contributed by atoms with E-state index in [1.807, 2.05) is 0 Å². The quantitative estimate of drug-likeness (QED) is 0.616. The van der Waals surface area contributed by atoms with Crippen molar-refractivity contribution in [2.45, 2.75) is 69.6 Å². The lowest BCUT2D eigenvalue weighted by atomic mass is 9.83. The summed E-state index contributed by atoms with van der Waals surface area (Å²) in [6.45, 7) is 2.58. The van der Waals surface area contributed by atoms with Gasteiger partial charge in [-0.2, -0.15) is 12.6 Å². The van der Waals surface area contributed by atoms with Gasteiger partial charge in [0.1, 0.15) is 0 Å². The van der Waals surface area contributed by atoms with Gasteiger partial charge in [0, 0.05) is 11.9 Å². The number of hydrogen-bond acceptors (Lipinski definition) is 3. The summed E-state index contributed by atoms with van der Waals surface area (Å²) in [5, 5.41) is 18.8. The number of aliphatic hydroxyl groups is 2. The first kappa shape index (κ1) is 15.3. The molecule has 0 saturated heterocycles. The summed E-state index contributed by atoms with van der Waals surface area (Å²) >= 11 is 4.74. The first-order valence-electron chi connectivity index (χ1n) is 7.10. The smallest absolute Gasteiger partial charge is 0.0540 e. The van der Waals surface area contributed by atoms with Crippen LogP contribution >= 0.6 is 12.6 Å². The first-order chi connectivity index (χ1) is 8.13. The zero-order chi connectivity index (χ0) is 12.7. The Morgan fingerprint density at radius 2 is 1.76 bits per heavy atom. The zero-order valence-electron chi connectivity index (χ0n) is 11.0. The van der Waals surface area contributed by atoms with Gasteiger partial charge in [0.2, 0.25) is 0 Å². The minimum atomic E-state index is -0.0599. The number of aliphatic hydroxyl groups excluding tert-OH is 2. The van der Waals surface area contributed by atoms with Gasteiger partial charge in [0.15, 0.2) is 0 Å². The Morgan fingerprint density at radius 1 is 1.12 bits per heavy atom. The highest BCUT2D eigenvalue weighted by atomic mass is 32.1. The normalized spacial score (nSPS) is 28.9. The van der Waals surface area contributed by atoms with Crippen molar-refractivity contribution < 1.29 is 10.2 Å². The van der Waals surface area contributed by atoms with Crippen LogP contribution in [0.15, 0.2) is 0 Å². The van der Waals surface area contributed by atoms with E-state index in [0.29, 0.717) is 23.7 Å². The molecule has 1 saturated carbocycles. The lowest BCUT2D eigenvalue weighted by Gasteiger charge is -2.30. The van der Waals surface area contributed by atoms with Crippen LogP contribution in [-0.4, -0.2) is 28.2 Å². The fraction of sp³-hybridized carbons (Fsp3) is 1.00. The Kier molecular flexibility index (Phi) is 7.56. The van der Waals surface area contributed by atoms with Crippen molar-refractivity contribution in [1.82, 2.24) is 0 Å². The maximum Gasteiger partial charge on any atom is 0.0540 e. The van der Waals surface area contributed by atoms with E-state index >= 15 is 0 Å². The van der Waals surface area contributed by atoms with Crippen molar-refractivity contribution in [2.24, 2.45) is 11.8 Å². The number of hydrogen-bond donors (Lipinski definition) is 3. The number of rotatable bonds is 7. The molecule has 17 heavy (non-hydrogen) atoms. The molecule has 1 aliphatic carbocycles. The molecule has 1 fully saturated rings. The molecule has 2 atom stereocenters. The fourth-order valence-corrected chi connectivity index (χ4v) is 3.21. The molecule has 2 N–H and O–H groups in total. The lowest BCUT2D eigenvalue weighted by molar-refractivity contribution is 0.107. The largest absolute Gasteiger partial charge is 0.396 e. The highest BCUT2D eigenvalue weighted by Gasteiger charge is 2.24. The third-order valence-corrected chi connectivity index (χ3v) is 4.78. The molecule has 0 spiro atoms. The Balaban J connectivity index is 2.13. The van der Waals surface area contributed by atoms with Crippen molar-refractivity contribution in [3.8, 4) is 0 Å². The van der Waals surface area contributed by atoms with E-state index in [1.165, 1.54) is 12.8 Å². The maximum atomic E-state index is 9.48. The molecule has 0 aromatic heterocycles. The maximum absolute atomic E-state index is 9.48. The molecule has 0 heterocycles. The summed E-state index contributed by atoms with van der Waals surface area (Å²) in [5.41, 5.74) is 0. The summed E-state index contributed by atoms with van der Waals surface area (Å²) in [4.78, 5) is 0. The molecule has 0 amide bonds. The van der Waals surface area contributed by atoms with Crippen LogP contribution < -0.4 is 0 Å². The first-order valence-corrected chi connectivity index (χ1v) is 7.62. The van der Waals surface area contributed by atoms with E-state index in [0.717, 1.165) is 38.5 Å². The molecule has 1 aliphatic rings. The molecule has 2 nitrogen and oxygen atoms in total. The van der Waals surface area contributed by atoms with Crippen molar-refractivity contribution >= 4 is 12.6 Å². The molecule has 0 radical (unpaired) electrons. The van der Waals surface area contributed by atoms with E-state index in [9.17, 15) is 5.11 Å². The SMILES string of the molecule is CC(CCCO)CCC(S)[C@H]1CC[C@H](O)CC1. The Labute approximate surface area is 111 Å². The van der Waals surface area contributed by atoms with Crippen molar-refractivity contribution in [3.63, 3.8) is 0 Å². The van der Waals surface area contributed by atoms with Crippen LogP contribution in [0.5, 0.6) is 0 Å². The second-order valence-electron chi connectivity index (χ2n) is 5.68. The predicted octanol–water partition coefficient (Wildman–Crippen LogP) is 3.02. The van der Waals surface area contributed by atoms with Gasteiger partial charge in [-0.15, -0.1) is 0 Å². The van der Waals surface area contributed by atoms with Gasteiger partial charge >= 0.3 is 0 Å². The minimum Gasteiger partial charge on any atom is -0.396 e. The van der Waals surface area contributed by atoms with E-state index in [4.69, 9.17) is 17.7 Å². The molecular weight excluding hydrogens is 232 g/mol. The van der Waals surface area contributed by atoms with Crippen LogP contribution in [-0.2, 0) is 0 Å². The van der Waals surface area contributed by atoms with Gasteiger partial charge in [0.05, 0.1) is 6.10 Å². The van der Waals surface area contributed by atoms with Crippen molar-refractivity contribution in [1.29, 1.82) is 0 Å². The van der Waals surface area contributed by atoms with Crippen LogP contribution in [0.2, 0.25) is 0 Å². The highest BCUT2D eigenvalue weighted by molar-refractivity contribution is 7.81. The summed E-state index contributed by atoms with van der Waals surface area (Å²) in [6, 6.07) is 0. The third kappa shape index (κ3) is 6.12. The molecular formula is C14H28O2S. The Hall–Kier alpha value is 0.270. The van der Waals surface area contributed by atoms with Gasteiger partial charge in [-0.3, -0.25) is 0 Å². The van der Waals surface area contributed by atoms with Crippen molar-refractivity contribution in [2.75, 3.05) is 6.61 Å². The van der Waals surface area contributed by atoms with Gasteiger partial charge < -0.3 is 10.2 Å². The highest BCUT2D eigenvalue weighted by Crippen LogP contribution is 2.32. The molecule has 102 valence electrons. The molecule has 0 aromatic carbocycles. The lowest BCUT2D eigenvalue weighted by Crippen LogP contribution is -2.25. The fourth-order valence-electron chi connectivity index (χ4n) is 2.76. The average Bonchev–Trinajstić information content (AvgIpc) is 2.34. The van der Waals surface area contributed by atoms with Crippen LogP contribution in [0.3, 0.4) is 0 Å².